The Labute approximate surface area is 100 Å². The molecule has 1 fully saturated rings. The first-order valence-electron chi connectivity index (χ1n) is 5.79. The molecule has 0 aliphatic heterocycles. The summed E-state index contributed by atoms with van der Waals surface area (Å²) in [5, 5.41) is 5.77. The van der Waals surface area contributed by atoms with Gasteiger partial charge in [0.05, 0.1) is 5.69 Å². The van der Waals surface area contributed by atoms with Gasteiger partial charge in [0.25, 0.3) is 0 Å². The summed E-state index contributed by atoms with van der Waals surface area (Å²) in [5.41, 5.74) is 1.79. The summed E-state index contributed by atoms with van der Waals surface area (Å²) in [5.74, 6) is 0. The fourth-order valence-electron chi connectivity index (χ4n) is 1.82. The van der Waals surface area contributed by atoms with Crippen molar-refractivity contribution in [2.24, 2.45) is 5.41 Å². The van der Waals surface area contributed by atoms with E-state index in [-0.39, 0.29) is 0 Å². The molecule has 3 heteroatoms. The Bertz CT molecular complexity index is 328. The predicted octanol–water partition coefficient (Wildman–Crippen LogP) is 3.57. The van der Waals surface area contributed by atoms with Crippen molar-refractivity contribution in [1.82, 2.24) is 9.78 Å². The molecule has 1 unspecified atom stereocenters. The third-order valence-electron chi connectivity index (χ3n) is 3.50. The molecule has 2 rings (SSSR count). The average molecular weight is 271 g/mol. The van der Waals surface area contributed by atoms with Gasteiger partial charge >= 0.3 is 0 Å². The predicted molar refractivity (Wildman–Crippen MR) is 66.4 cm³/mol. The first-order chi connectivity index (χ1) is 7.19. The normalized spacial score (nSPS) is 20.2. The first-order valence-corrected chi connectivity index (χ1v) is 6.91. The lowest BCUT2D eigenvalue weighted by molar-refractivity contribution is 0.467. The Balaban J connectivity index is 2.01. The summed E-state index contributed by atoms with van der Waals surface area (Å²) in [4.78, 5) is 0. The minimum Gasteiger partial charge on any atom is -0.270 e. The number of hydrogen-bond donors (Lipinski definition) is 0. The van der Waals surface area contributed by atoms with E-state index >= 15 is 0 Å². The Morgan fingerprint density at radius 2 is 2.33 bits per heavy atom. The minimum absolute atomic E-state index is 0.526. The lowest BCUT2D eigenvalue weighted by atomic mass is 10.0. The van der Waals surface area contributed by atoms with E-state index in [1.54, 1.807) is 0 Å². The Morgan fingerprint density at radius 3 is 2.87 bits per heavy atom. The smallest absolute Gasteiger partial charge is 0.0630 e. The Kier molecular flexibility index (Phi) is 3.19. The molecule has 15 heavy (non-hydrogen) atoms. The highest BCUT2D eigenvalue weighted by Gasteiger charge is 2.41. The van der Waals surface area contributed by atoms with Crippen molar-refractivity contribution in [2.45, 2.75) is 45.6 Å². The number of nitrogens with zero attached hydrogens (tertiary/aromatic N) is 2. The van der Waals surface area contributed by atoms with E-state index < -0.39 is 0 Å². The van der Waals surface area contributed by atoms with Crippen molar-refractivity contribution >= 4 is 15.9 Å². The van der Waals surface area contributed by atoms with Crippen LogP contribution < -0.4 is 0 Å². The zero-order chi connectivity index (χ0) is 10.9. The largest absolute Gasteiger partial charge is 0.270 e. The molecule has 2 nitrogen and oxygen atoms in total. The third kappa shape index (κ3) is 2.44. The van der Waals surface area contributed by atoms with Gasteiger partial charge in [-0.1, -0.05) is 22.9 Å². The lowest BCUT2D eigenvalue weighted by Gasteiger charge is -2.10. The third-order valence-corrected chi connectivity index (χ3v) is 4.69. The number of aromatic nitrogens is 2. The highest BCUT2D eigenvalue weighted by molar-refractivity contribution is 9.09. The van der Waals surface area contributed by atoms with Gasteiger partial charge in [0.1, 0.15) is 0 Å². The standard InChI is InChI=1S/C12H19BrN2/c1-3-10(2)15-7-4-11(14-15)8-12(9-13)5-6-12/h4,7,10H,3,5-6,8-9H2,1-2H3. The second-order valence-electron chi connectivity index (χ2n) is 4.85. The van der Waals surface area contributed by atoms with Crippen molar-refractivity contribution in [2.75, 3.05) is 5.33 Å². The quantitative estimate of drug-likeness (QED) is 0.748. The summed E-state index contributed by atoms with van der Waals surface area (Å²) < 4.78 is 2.10. The van der Waals surface area contributed by atoms with Crippen LogP contribution in [-0.2, 0) is 6.42 Å². The van der Waals surface area contributed by atoms with E-state index in [2.05, 4.69) is 51.8 Å². The van der Waals surface area contributed by atoms with Crippen molar-refractivity contribution < 1.29 is 0 Å². The first kappa shape index (κ1) is 11.2. The molecule has 0 N–H and O–H groups in total. The summed E-state index contributed by atoms with van der Waals surface area (Å²) in [6, 6.07) is 2.70. The van der Waals surface area contributed by atoms with Crippen molar-refractivity contribution in [3.63, 3.8) is 0 Å². The molecule has 1 heterocycles. The molecule has 1 aromatic rings. The fraction of sp³-hybridized carbons (Fsp3) is 0.750. The van der Waals surface area contributed by atoms with Gasteiger partial charge in [-0.3, -0.25) is 4.68 Å². The fourth-order valence-corrected chi connectivity index (χ4v) is 2.58. The summed E-state index contributed by atoms with van der Waals surface area (Å²) >= 11 is 3.61. The van der Waals surface area contributed by atoms with Gasteiger partial charge in [-0.25, -0.2) is 0 Å². The zero-order valence-electron chi connectivity index (χ0n) is 9.54. The second-order valence-corrected chi connectivity index (χ2v) is 5.42. The van der Waals surface area contributed by atoms with Crippen LogP contribution in [0, 0.1) is 5.41 Å². The van der Waals surface area contributed by atoms with Gasteiger partial charge in [0, 0.05) is 17.6 Å². The maximum atomic E-state index is 4.65. The van der Waals surface area contributed by atoms with E-state index in [9.17, 15) is 0 Å². The maximum absolute atomic E-state index is 4.65. The number of rotatable bonds is 5. The molecule has 1 aromatic heterocycles. The van der Waals surface area contributed by atoms with Crippen LogP contribution in [-0.4, -0.2) is 15.1 Å². The molecule has 84 valence electrons. The maximum Gasteiger partial charge on any atom is 0.0630 e. The van der Waals surface area contributed by atoms with Crippen LogP contribution in [0.1, 0.15) is 44.8 Å². The second kappa shape index (κ2) is 4.28. The SMILES string of the molecule is CCC(C)n1ccc(CC2(CBr)CC2)n1. The molecule has 1 saturated carbocycles. The molecular weight excluding hydrogens is 252 g/mol. The molecule has 0 saturated heterocycles. The average Bonchev–Trinajstić information content (AvgIpc) is 2.87. The van der Waals surface area contributed by atoms with Gasteiger partial charge in [-0.05, 0) is 44.1 Å². The van der Waals surface area contributed by atoms with Crippen molar-refractivity contribution in [1.29, 1.82) is 0 Å². The summed E-state index contributed by atoms with van der Waals surface area (Å²) in [6.45, 7) is 4.42. The van der Waals surface area contributed by atoms with Gasteiger partial charge in [0.15, 0.2) is 0 Å². The molecule has 0 bridgehead atoms. The van der Waals surface area contributed by atoms with Gasteiger partial charge in [-0.15, -0.1) is 0 Å². The van der Waals surface area contributed by atoms with Crippen LogP contribution in [0.5, 0.6) is 0 Å². The molecule has 0 radical (unpaired) electrons. The molecule has 0 spiro atoms. The van der Waals surface area contributed by atoms with Crippen LogP contribution in [0.25, 0.3) is 0 Å². The van der Waals surface area contributed by atoms with E-state index in [1.165, 1.54) is 18.5 Å². The Morgan fingerprint density at radius 1 is 1.60 bits per heavy atom. The molecule has 1 aliphatic carbocycles. The molecule has 0 aromatic carbocycles. The topological polar surface area (TPSA) is 17.8 Å². The van der Waals surface area contributed by atoms with Crippen LogP contribution in [0.4, 0.5) is 0 Å². The Hall–Kier alpha value is -0.310. The number of halogens is 1. The van der Waals surface area contributed by atoms with E-state index in [1.807, 2.05) is 0 Å². The minimum atomic E-state index is 0.526. The van der Waals surface area contributed by atoms with Gasteiger partial charge in [0.2, 0.25) is 0 Å². The van der Waals surface area contributed by atoms with Crippen molar-refractivity contribution in [3.8, 4) is 0 Å². The van der Waals surface area contributed by atoms with E-state index in [0.717, 1.165) is 18.2 Å². The van der Waals surface area contributed by atoms with Gasteiger partial charge < -0.3 is 0 Å². The highest BCUT2D eigenvalue weighted by atomic mass is 79.9. The van der Waals surface area contributed by atoms with Crippen LogP contribution in [0.15, 0.2) is 12.3 Å². The van der Waals surface area contributed by atoms with Gasteiger partial charge in [-0.2, -0.15) is 5.10 Å². The lowest BCUT2D eigenvalue weighted by Crippen LogP contribution is -2.09. The summed E-state index contributed by atoms with van der Waals surface area (Å²) in [7, 11) is 0. The number of hydrogen-bond acceptors (Lipinski definition) is 1. The zero-order valence-corrected chi connectivity index (χ0v) is 11.1. The molecule has 1 aliphatic rings. The monoisotopic (exact) mass is 270 g/mol. The van der Waals surface area contributed by atoms with E-state index in [4.69, 9.17) is 0 Å². The van der Waals surface area contributed by atoms with E-state index in [0.29, 0.717) is 11.5 Å². The summed E-state index contributed by atoms with van der Waals surface area (Å²) in [6.07, 6.45) is 7.11. The molecule has 1 atom stereocenters. The van der Waals surface area contributed by atoms with Crippen LogP contribution in [0.2, 0.25) is 0 Å². The van der Waals surface area contributed by atoms with Crippen LogP contribution in [0.3, 0.4) is 0 Å². The van der Waals surface area contributed by atoms with Crippen LogP contribution >= 0.6 is 15.9 Å². The molecular formula is C12H19BrN2. The highest BCUT2D eigenvalue weighted by Crippen LogP contribution is 2.49. The molecule has 0 amide bonds. The van der Waals surface area contributed by atoms with Crippen molar-refractivity contribution in [3.05, 3.63) is 18.0 Å². The number of alkyl halides is 1.